The molecule has 2 rings (SSSR count). The summed E-state index contributed by atoms with van der Waals surface area (Å²) in [6.07, 6.45) is 3.90. The Morgan fingerprint density at radius 2 is 1.30 bits per heavy atom. The van der Waals surface area contributed by atoms with Gasteiger partial charge in [0.1, 0.15) is 18.1 Å². The average Bonchev–Trinajstić information content (AvgIpc) is 3.37. The highest BCUT2D eigenvalue weighted by molar-refractivity contribution is 7.72. The number of phosphoric ester groups is 2. The predicted molar refractivity (Wildman–Crippen MR) is 189 cm³/mol. The largest absolute Gasteiger partial charge is 0.490 e. The minimum Gasteiger partial charge on any atom is -0.390 e. The number of nitrogen functional groups attached to an aromatic ring is 1. The van der Waals surface area contributed by atoms with E-state index < -0.39 is 84.3 Å². The standard InChI is InChI=1S/C23H46N4O23P6/c1-2-3-4-5-8-11-21(29)25-13-9-6-7-10-15-43-51(31,32)46-53(35,36)48-55(39,40)50-56(41,42)49-54(37,38)47-52(33,34)44-17-19-18(28)16-22(45-19)27-14-12-20(24)26-23(27)30/h12,14,18-19,22,28H,2-11,13,15-17H2,1H3,(H,25,29)(H,31,32)(H,33,34)(H,35,36)(H,37,38)(H,39,40)(H,41,42)(H2,24,26,30)/t18-,19-,22-/m1/s1. The maximum absolute atomic E-state index is 12.2. The van der Waals surface area contributed by atoms with Crippen LogP contribution in [0, 0.1) is 0 Å². The molecule has 9 atom stereocenters. The summed E-state index contributed by atoms with van der Waals surface area (Å²) < 4.78 is 106. The molecule has 56 heavy (non-hydrogen) atoms. The molecule has 1 aliphatic heterocycles. The van der Waals surface area contributed by atoms with Gasteiger partial charge >= 0.3 is 52.6 Å². The number of anilines is 1. The summed E-state index contributed by atoms with van der Waals surface area (Å²) in [5.41, 5.74) is 4.52. The first kappa shape index (κ1) is 51.1. The van der Waals surface area contributed by atoms with E-state index in [1.165, 1.54) is 12.3 Å². The molecule has 1 amide bonds. The number of unbranched alkanes of at least 4 members (excludes halogenated alkanes) is 7. The van der Waals surface area contributed by atoms with Gasteiger partial charge in [-0.1, -0.05) is 45.4 Å². The Morgan fingerprint density at radius 1 is 0.804 bits per heavy atom. The molecule has 0 aliphatic carbocycles. The van der Waals surface area contributed by atoms with Gasteiger partial charge in [-0.3, -0.25) is 18.4 Å². The van der Waals surface area contributed by atoms with Crippen LogP contribution in [0.15, 0.2) is 17.1 Å². The van der Waals surface area contributed by atoms with E-state index in [-0.39, 0.29) is 24.6 Å². The Bertz CT molecular complexity index is 1800. The van der Waals surface area contributed by atoms with E-state index in [0.717, 1.165) is 36.7 Å². The molecular weight excluding hydrogens is 886 g/mol. The number of amides is 1. The number of carbonyl (C=O) groups excluding carboxylic acids is 1. The number of aliphatic hydroxyl groups excluding tert-OH is 1. The van der Waals surface area contributed by atoms with E-state index in [4.69, 9.17) is 10.5 Å². The zero-order valence-corrected chi connectivity index (χ0v) is 35.0. The first-order valence-electron chi connectivity index (χ1n) is 16.5. The van der Waals surface area contributed by atoms with Gasteiger partial charge in [-0.2, -0.15) is 26.5 Å². The third-order valence-electron chi connectivity index (χ3n) is 6.95. The van der Waals surface area contributed by atoms with Crippen molar-refractivity contribution in [2.24, 2.45) is 0 Å². The van der Waals surface area contributed by atoms with Crippen molar-refractivity contribution in [2.45, 2.75) is 96.0 Å². The van der Waals surface area contributed by atoms with Crippen molar-refractivity contribution in [3.8, 4) is 0 Å². The highest BCUT2D eigenvalue weighted by Crippen LogP contribution is 2.75. The zero-order valence-electron chi connectivity index (χ0n) is 29.6. The van der Waals surface area contributed by atoms with Gasteiger partial charge in [0.25, 0.3) is 0 Å². The Balaban J connectivity index is 1.77. The molecule has 1 aromatic heterocycles. The number of carbonyl (C=O) groups is 1. The molecule has 0 radical (unpaired) electrons. The summed E-state index contributed by atoms with van der Waals surface area (Å²) in [6.45, 7) is 0.882. The van der Waals surface area contributed by atoms with Crippen LogP contribution in [0.3, 0.4) is 0 Å². The van der Waals surface area contributed by atoms with Gasteiger partial charge in [-0.05, 0) is 25.3 Å². The van der Waals surface area contributed by atoms with Crippen molar-refractivity contribution in [3.63, 3.8) is 0 Å². The number of hydrogen-bond donors (Lipinski definition) is 9. The average molecular weight is 932 g/mol. The number of rotatable bonds is 28. The van der Waals surface area contributed by atoms with Crippen LogP contribution in [-0.4, -0.2) is 81.9 Å². The van der Waals surface area contributed by atoms with Gasteiger partial charge in [-0.15, -0.1) is 0 Å². The molecule has 1 aromatic rings. The van der Waals surface area contributed by atoms with Crippen molar-refractivity contribution in [3.05, 3.63) is 22.7 Å². The molecule has 10 N–H and O–H groups in total. The number of nitrogens with one attached hydrogen (secondary N) is 1. The van der Waals surface area contributed by atoms with Crippen molar-refractivity contribution < 1.29 is 102 Å². The van der Waals surface area contributed by atoms with E-state index in [1.807, 2.05) is 0 Å². The quantitative estimate of drug-likeness (QED) is 0.0430. The number of ether oxygens (including phenoxy) is 1. The zero-order chi connectivity index (χ0) is 42.4. The lowest BCUT2D eigenvalue weighted by Gasteiger charge is -2.21. The number of phosphoric acid groups is 6. The lowest BCUT2D eigenvalue weighted by Crippen LogP contribution is -2.28. The van der Waals surface area contributed by atoms with Crippen molar-refractivity contribution in [2.75, 3.05) is 25.5 Å². The number of nitrogens with two attached hydrogens (primary N) is 1. The third-order valence-corrected chi connectivity index (χ3v) is 16.2. The first-order chi connectivity index (χ1) is 25.7. The SMILES string of the molecule is CCCCCCCC(=O)NCCCCCCOP(=O)(O)OP(=O)(O)OP(=O)(O)OP(=O)(O)OP(=O)(O)OP(=O)(O)OC[C@H]1O[C@@H](n2ccc(N)nc2=O)C[C@H]1O. The first-order valence-corrected chi connectivity index (χ1v) is 25.5. The Kier molecular flexibility index (Phi) is 20.5. The minimum atomic E-state index is -6.46. The lowest BCUT2D eigenvalue weighted by atomic mass is 10.1. The summed E-state index contributed by atoms with van der Waals surface area (Å²) in [5.74, 6) is -0.197. The van der Waals surface area contributed by atoms with Crippen LogP contribution in [0.2, 0.25) is 0 Å². The molecule has 0 aromatic carbocycles. The van der Waals surface area contributed by atoms with E-state index in [0.29, 0.717) is 32.2 Å². The predicted octanol–water partition coefficient (Wildman–Crippen LogP) is 3.23. The molecular formula is C23H46N4O23P6. The summed E-state index contributed by atoms with van der Waals surface area (Å²) in [5, 5.41) is 12.9. The Hall–Kier alpha value is -1.07. The third kappa shape index (κ3) is 20.8. The van der Waals surface area contributed by atoms with Crippen molar-refractivity contribution >= 4 is 58.7 Å². The van der Waals surface area contributed by atoms with Crippen LogP contribution in [0.1, 0.15) is 83.8 Å². The maximum Gasteiger partial charge on any atom is 0.490 e. The monoisotopic (exact) mass is 932 g/mol. The van der Waals surface area contributed by atoms with Gasteiger partial charge in [0.05, 0.1) is 19.3 Å². The van der Waals surface area contributed by atoms with Crippen LogP contribution in [0.4, 0.5) is 5.82 Å². The van der Waals surface area contributed by atoms with Crippen LogP contribution in [0.25, 0.3) is 0 Å². The van der Waals surface area contributed by atoms with E-state index in [2.05, 4.69) is 47.8 Å². The Labute approximate surface area is 319 Å². The molecule has 33 heteroatoms. The number of aliphatic hydroxyl groups is 1. The summed E-state index contributed by atoms with van der Waals surface area (Å²) in [7, 11) is -36.7. The highest BCUT2D eigenvalue weighted by Gasteiger charge is 2.50. The minimum absolute atomic E-state index is 0.0763. The van der Waals surface area contributed by atoms with Gasteiger partial charge in [-0.25, -0.2) is 32.2 Å². The highest BCUT2D eigenvalue weighted by atomic mass is 31.3. The molecule has 2 heterocycles. The topological polar surface area (TPSA) is 408 Å². The summed E-state index contributed by atoms with van der Waals surface area (Å²) >= 11 is 0. The van der Waals surface area contributed by atoms with Gasteiger partial charge in [0.15, 0.2) is 0 Å². The molecule has 1 fully saturated rings. The summed E-state index contributed by atoms with van der Waals surface area (Å²) in [6, 6.07) is 1.23. The van der Waals surface area contributed by atoms with E-state index >= 15 is 0 Å². The number of nitrogens with zero attached hydrogens (tertiary/aromatic N) is 2. The maximum atomic E-state index is 12.2. The van der Waals surface area contributed by atoms with Crippen LogP contribution < -0.4 is 16.7 Å². The molecule has 27 nitrogen and oxygen atoms in total. The number of hydrogen-bond acceptors (Lipinski definition) is 19. The van der Waals surface area contributed by atoms with Crippen LogP contribution in [-0.2, 0) is 67.5 Å². The second-order valence-electron chi connectivity index (χ2n) is 11.8. The molecule has 0 bridgehead atoms. The number of aromatic nitrogens is 2. The second-order valence-corrected chi connectivity index (χ2v) is 21.2. The van der Waals surface area contributed by atoms with Gasteiger partial charge < -0.3 is 50.3 Å². The fourth-order valence-electron chi connectivity index (χ4n) is 4.57. The van der Waals surface area contributed by atoms with Gasteiger partial charge in [0, 0.05) is 25.6 Å². The fourth-order valence-corrected chi connectivity index (χ4v) is 12.4. The van der Waals surface area contributed by atoms with E-state index in [9.17, 15) is 71.4 Å². The fraction of sp³-hybridized carbons (Fsp3) is 0.783. The molecule has 0 spiro atoms. The second kappa shape index (κ2) is 22.5. The van der Waals surface area contributed by atoms with Crippen LogP contribution >= 0.6 is 46.9 Å². The normalized spacial score (nSPS) is 23.8. The molecule has 6 unspecified atom stereocenters. The molecule has 0 saturated carbocycles. The smallest absolute Gasteiger partial charge is 0.390 e. The molecule has 326 valence electrons. The molecule has 1 saturated heterocycles. The van der Waals surface area contributed by atoms with Crippen molar-refractivity contribution in [1.82, 2.24) is 14.9 Å². The van der Waals surface area contributed by atoms with Crippen molar-refractivity contribution in [1.29, 1.82) is 0 Å². The van der Waals surface area contributed by atoms with Crippen LogP contribution in [0.5, 0.6) is 0 Å². The summed E-state index contributed by atoms with van der Waals surface area (Å²) in [4.78, 5) is 85.4. The lowest BCUT2D eigenvalue weighted by molar-refractivity contribution is -0.121. The Morgan fingerprint density at radius 3 is 1.86 bits per heavy atom. The molecule has 1 aliphatic rings. The van der Waals surface area contributed by atoms with Gasteiger partial charge in [0.2, 0.25) is 5.91 Å². The van der Waals surface area contributed by atoms with E-state index in [1.54, 1.807) is 0 Å².